The van der Waals surface area contributed by atoms with Crippen LogP contribution in [0.1, 0.15) is 19.3 Å². The number of benzene rings is 1. The number of hydrogen-bond acceptors (Lipinski definition) is 4. The molecule has 1 fully saturated rings. The molecule has 1 aromatic heterocycles. The van der Waals surface area contributed by atoms with Crippen LogP contribution >= 0.6 is 11.6 Å². The smallest absolute Gasteiger partial charge is 0.152 e. The van der Waals surface area contributed by atoms with E-state index in [-0.39, 0.29) is 0 Å². The highest BCUT2D eigenvalue weighted by Crippen LogP contribution is 2.26. The van der Waals surface area contributed by atoms with Gasteiger partial charge < -0.3 is 10.2 Å². The minimum atomic E-state index is 0.524. The molecule has 104 valence electrons. The van der Waals surface area contributed by atoms with E-state index in [1.165, 1.54) is 31.3 Å². The molecule has 0 aliphatic carbocycles. The molecular weight excluding hydrogens is 272 g/mol. The van der Waals surface area contributed by atoms with Crippen molar-refractivity contribution in [2.75, 3.05) is 23.3 Å². The molecule has 0 radical (unpaired) electrons. The van der Waals surface area contributed by atoms with Crippen molar-refractivity contribution in [3.8, 4) is 0 Å². The van der Waals surface area contributed by atoms with Crippen molar-refractivity contribution >= 4 is 28.8 Å². The predicted octanol–water partition coefficient (Wildman–Crippen LogP) is 3.86. The second kappa shape index (κ2) is 6.09. The van der Waals surface area contributed by atoms with E-state index in [1.807, 2.05) is 6.07 Å². The zero-order valence-corrected chi connectivity index (χ0v) is 12.0. The first-order valence-corrected chi connectivity index (χ1v) is 7.28. The van der Waals surface area contributed by atoms with Crippen molar-refractivity contribution in [3.63, 3.8) is 0 Å². The Morgan fingerprint density at radius 2 is 2.00 bits per heavy atom. The monoisotopic (exact) mass is 288 g/mol. The van der Waals surface area contributed by atoms with E-state index in [4.69, 9.17) is 11.6 Å². The van der Waals surface area contributed by atoms with Gasteiger partial charge in [-0.05, 0) is 37.5 Å². The third kappa shape index (κ3) is 3.02. The summed E-state index contributed by atoms with van der Waals surface area (Å²) in [5, 5.41) is 3.77. The molecule has 0 unspecified atom stereocenters. The first-order valence-electron chi connectivity index (χ1n) is 6.90. The van der Waals surface area contributed by atoms with Crippen molar-refractivity contribution in [3.05, 3.63) is 41.8 Å². The SMILES string of the molecule is Clc1cncnc1Nc1cccc(N2CCCCC2)c1. The fourth-order valence-corrected chi connectivity index (χ4v) is 2.63. The van der Waals surface area contributed by atoms with E-state index < -0.39 is 0 Å². The average Bonchev–Trinajstić information content (AvgIpc) is 2.51. The minimum Gasteiger partial charge on any atom is -0.371 e. The van der Waals surface area contributed by atoms with Crippen LogP contribution in [0.2, 0.25) is 5.02 Å². The maximum atomic E-state index is 6.06. The zero-order valence-electron chi connectivity index (χ0n) is 11.2. The lowest BCUT2D eigenvalue weighted by atomic mass is 10.1. The van der Waals surface area contributed by atoms with E-state index >= 15 is 0 Å². The number of anilines is 3. The van der Waals surface area contributed by atoms with Crippen LogP contribution in [0.15, 0.2) is 36.8 Å². The van der Waals surface area contributed by atoms with Gasteiger partial charge in [-0.25, -0.2) is 9.97 Å². The molecule has 2 aromatic rings. The standard InChI is InChI=1S/C15H17ClN4/c16-14-10-17-11-18-15(14)19-12-5-4-6-13(9-12)20-7-2-1-3-8-20/h4-6,9-11H,1-3,7-8H2,(H,17,18,19). The third-order valence-electron chi connectivity index (χ3n) is 3.50. The van der Waals surface area contributed by atoms with E-state index in [0.717, 1.165) is 18.8 Å². The summed E-state index contributed by atoms with van der Waals surface area (Å²) in [5.41, 5.74) is 2.24. The van der Waals surface area contributed by atoms with Gasteiger partial charge in [0.2, 0.25) is 0 Å². The Morgan fingerprint density at radius 1 is 1.15 bits per heavy atom. The summed E-state index contributed by atoms with van der Waals surface area (Å²) in [6.07, 6.45) is 6.96. The van der Waals surface area contributed by atoms with Gasteiger partial charge in [0.25, 0.3) is 0 Å². The summed E-state index contributed by atoms with van der Waals surface area (Å²) >= 11 is 6.06. The second-order valence-corrected chi connectivity index (χ2v) is 5.35. The fraction of sp³-hybridized carbons (Fsp3) is 0.333. The van der Waals surface area contributed by atoms with Gasteiger partial charge in [-0.1, -0.05) is 17.7 Å². The lowest BCUT2D eigenvalue weighted by molar-refractivity contribution is 0.578. The number of nitrogens with zero attached hydrogens (tertiary/aromatic N) is 3. The van der Waals surface area contributed by atoms with Crippen LogP contribution in [0, 0.1) is 0 Å². The van der Waals surface area contributed by atoms with Crippen LogP contribution < -0.4 is 10.2 Å². The summed E-state index contributed by atoms with van der Waals surface area (Å²) in [6.45, 7) is 2.27. The van der Waals surface area contributed by atoms with Gasteiger partial charge in [-0.15, -0.1) is 0 Å². The lowest BCUT2D eigenvalue weighted by Crippen LogP contribution is -2.29. The predicted molar refractivity (Wildman–Crippen MR) is 82.8 cm³/mol. The Balaban J connectivity index is 1.79. The highest BCUT2D eigenvalue weighted by Gasteiger charge is 2.11. The van der Waals surface area contributed by atoms with Crippen molar-refractivity contribution in [2.24, 2.45) is 0 Å². The molecule has 0 bridgehead atoms. The molecule has 5 heteroatoms. The molecule has 1 N–H and O–H groups in total. The minimum absolute atomic E-state index is 0.524. The quantitative estimate of drug-likeness (QED) is 0.931. The van der Waals surface area contributed by atoms with Crippen molar-refractivity contribution in [1.82, 2.24) is 9.97 Å². The maximum absolute atomic E-state index is 6.06. The largest absolute Gasteiger partial charge is 0.371 e. The normalized spacial score (nSPS) is 15.2. The first kappa shape index (κ1) is 13.2. The summed E-state index contributed by atoms with van der Waals surface area (Å²) in [4.78, 5) is 10.5. The summed E-state index contributed by atoms with van der Waals surface area (Å²) in [6, 6.07) is 8.37. The van der Waals surface area contributed by atoms with Gasteiger partial charge in [0, 0.05) is 24.5 Å². The number of hydrogen-bond donors (Lipinski definition) is 1. The van der Waals surface area contributed by atoms with E-state index in [2.05, 4.69) is 38.4 Å². The average molecular weight is 289 g/mol. The van der Waals surface area contributed by atoms with Crippen molar-refractivity contribution in [2.45, 2.75) is 19.3 Å². The van der Waals surface area contributed by atoms with Crippen LogP contribution in [0.5, 0.6) is 0 Å². The molecule has 1 saturated heterocycles. The first-order chi connectivity index (χ1) is 9.83. The molecule has 1 aromatic carbocycles. The molecule has 0 spiro atoms. The summed E-state index contributed by atoms with van der Waals surface area (Å²) in [7, 11) is 0. The van der Waals surface area contributed by atoms with Crippen LogP contribution in [0.25, 0.3) is 0 Å². The topological polar surface area (TPSA) is 41.1 Å². The van der Waals surface area contributed by atoms with Gasteiger partial charge >= 0.3 is 0 Å². The number of aromatic nitrogens is 2. The Labute approximate surface area is 123 Å². The highest BCUT2D eigenvalue weighted by atomic mass is 35.5. The van der Waals surface area contributed by atoms with Crippen LogP contribution in [0.3, 0.4) is 0 Å². The zero-order chi connectivity index (χ0) is 13.8. The molecule has 4 nitrogen and oxygen atoms in total. The molecule has 2 heterocycles. The second-order valence-electron chi connectivity index (χ2n) is 4.94. The molecule has 3 rings (SSSR count). The fourth-order valence-electron chi connectivity index (χ4n) is 2.47. The Kier molecular flexibility index (Phi) is 4.02. The number of halogens is 1. The molecule has 0 saturated carbocycles. The van der Waals surface area contributed by atoms with Gasteiger partial charge in [0.15, 0.2) is 5.82 Å². The van der Waals surface area contributed by atoms with Crippen LogP contribution in [-0.4, -0.2) is 23.1 Å². The molecule has 1 aliphatic rings. The van der Waals surface area contributed by atoms with Crippen molar-refractivity contribution < 1.29 is 0 Å². The number of rotatable bonds is 3. The van der Waals surface area contributed by atoms with Gasteiger partial charge in [-0.2, -0.15) is 0 Å². The maximum Gasteiger partial charge on any atom is 0.152 e. The van der Waals surface area contributed by atoms with E-state index in [1.54, 1.807) is 6.20 Å². The van der Waals surface area contributed by atoms with Gasteiger partial charge in [0.1, 0.15) is 11.3 Å². The van der Waals surface area contributed by atoms with Gasteiger partial charge in [-0.3, -0.25) is 0 Å². The van der Waals surface area contributed by atoms with E-state index in [0.29, 0.717) is 10.8 Å². The molecule has 0 amide bonds. The number of piperidine rings is 1. The summed E-state index contributed by atoms with van der Waals surface area (Å²) in [5.74, 6) is 0.637. The van der Waals surface area contributed by atoms with Crippen LogP contribution in [0.4, 0.5) is 17.2 Å². The van der Waals surface area contributed by atoms with E-state index in [9.17, 15) is 0 Å². The Hall–Kier alpha value is -1.81. The third-order valence-corrected chi connectivity index (χ3v) is 3.77. The van der Waals surface area contributed by atoms with Crippen molar-refractivity contribution in [1.29, 1.82) is 0 Å². The van der Waals surface area contributed by atoms with Gasteiger partial charge in [0.05, 0.1) is 6.20 Å². The lowest BCUT2D eigenvalue weighted by Gasteiger charge is -2.29. The molecule has 1 aliphatic heterocycles. The molecule has 20 heavy (non-hydrogen) atoms. The summed E-state index contributed by atoms with van der Waals surface area (Å²) < 4.78 is 0. The molecule has 0 atom stereocenters. The Bertz CT molecular complexity index is 582. The van der Waals surface area contributed by atoms with Crippen LogP contribution in [-0.2, 0) is 0 Å². The molecular formula is C15H17ClN4. The highest BCUT2D eigenvalue weighted by molar-refractivity contribution is 6.32. The Morgan fingerprint density at radius 3 is 2.80 bits per heavy atom. The number of nitrogens with one attached hydrogen (secondary N) is 1.